The van der Waals surface area contributed by atoms with Gasteiger partial charge in [-0.05, 0) is 60.2 Å². The van der Waals surface area contributed by atoms with Crippen LogP contribution in [0.5, 0.6) is 11.6 Å². The molecule has 1 aliphatic heterocycles. The van der Waals surface area contributed by atoms with E-state index in [0.29, 0.717) is 11.8 Å². The average Bonchev–Trinajstić information content (AvgIpc) is 2.70. The molecule has 5 rings (SSSR count). The van der Waals surface area contributed by atoms with Gasteiger partial charge in [-0.3, -0.25) is 0 Å². The summed E-state index contributed by atoms with van der Waals surface area (Å²) in [6.07, 6.45) is 2.09. The summed E-state index contributed by atoms with van der Waals surface area (Å²) in [5.74, 6) is 2.06. The summed E-state index contributed by atoms with van der Waals surface area (Å²) in [5.41, 5.74) is 8.30. The zero-order valence-corrected chi connectivity index (χ0v) is 18.6. The molecule has 0 unspecified atom stereocenters. The average molecular weight is 402 g/mol. The van der Waals surface area contributed by atoms with Crippen LogP contribution in [0.4, 0.5) is 0 Å². The van der Waals surface area contributed by atoms with Crippen molar-refractivity contribution in [2.75, 3.05) is 6.26 Å². The Morgan fingerprint density at radius 2 is 1.90 bits per heavy atom. The molecule has 3 nitrogen and oxygen atoms in total. The van der Waals surface area contributed by atoms with Gasteiger partial charge in [0.05, 0.1) is 5.56 Å². The Morgan fingerprint density at radius 1 is 1.10 bits per heavy atom. The van der Waals surface area contributed by atoms with Crippen molar-refractivity contribution in [3.05, 3.63) is 53.1 Å². The van der Waals surface area contributed by atoms with Crippen LogP contribution in [0.1, 0.15) is 36.5 Å². The Labute approximate surface area is 175 Å². The summed E-state index contributed by atoms with van der Waals surface area (Å²) in [6.45, 7) is 8.86. The highest BCUT2D eigenvalue weighted by Gasteiger charge is 2.33. The molecule has 0 bridgehead atoms. The van der Waals surface area contributed by atoms with Crippen molar-refractivity contribution in [3.8, 4) is 22.9 Å². The lowest BCUT2D eigenvalue weighted by atomic mass is 9.89. The molecule has 0 amide bonds. The van der Waals surface area contributed by atoms with E-state index >= 15 is 0 Å². The van der Waals surface area contributed by atoms with Crippen molar-refractivity contribution in [3.63, 3.8) is 0 Å². The molecule has 1 aromatic heterocycles. The maximum absolute atomic E-state index is 6.48. The molecule has 1 aliphatic rings. The van der Waals surface area contributed by atoms with Crippen molar-refractivity contribution in [1.29, 1.82) is 0 Å². The Morgan fingerprint density at radius 3 is 2.62 bits per heavy atom. The molecule has 0 aliphatic carbocycles. The monoisotopic (exact) mass is 401 g/mol. The molecule has 29 heavy (non-hydrogen) atoms. The van der Waals surface area contributed by atoms with Crippen molar-refractivity contribution < 1.29 is 9.30 Å². The van der Waals surface area contributed by atoms with E-state index in [4.69, 9.17) is 9.72 Å². The second kappa shape index (κ2) is 6.46. The number of para-hydroxylation sites is 1. The van der Waals surface area contributed by atoms with Crippen LogP contribution in [0.3, 0.4) is 0 Å². The zero-order valence-electron chi connectivity index (χ0n) is 17.8. The lowest BCUT2D eigenvalue weighted by molar-refractivity contribution is -0.634. The summed E-state index contributed by atoms with van der Waals surface area (Å²) in [7, 11) is 2.12. The molecular formula is C25H25N2OS+. The molecule has 4 heteroatoms. The van der Waals surface area contributed by atoms with Crippen LogP contribution < -0.4 is 9.30 Å². The van der Waals surface area contributed by atoms with Crippen molar-refractivity contribution in [1.82, 2.24) is 4.98 Å². The highest BCUT2D eigenvalue weighted by Crippen LogP contribution is 2.48. The summed E-state index contributed by atoms with van der Waals surface area (Å²) in [4.78, 5) is 6.18. The maximum atomic E-state index is 6.48. The summed E-state index contributed by atoms with van der Waals surface area (Å²) < 4.78 is 8.73. The van der Waals surface area contributed by atoms with Crippen LogP contribution in [-0.4, -0.2) is 11.2 Å². The molecule has 2 heterocycles. The number of aryl methyl sites for hydroxylation is 2. The van der Waals surface area contributed by atoms with E-state index in [0.717, 1.165) is 27.4 Å². The Bertz CT molecular complexity index is 1320. The predicted molar refractivity (Wildman–Crippen MR) is 121 cm³/mol. The van der Waals surface area contributed by atoms with E-state index in [2.05, 4.69) is 82.0 Å². The summed E-state index contributed by atoms with van der Waals surface area (Å²) in [5, 5.41) is 2.44. The fourth-order valence-corrected chi connectivity index (χ4v) is 4.96. The number of hydrogen-bond acceptors (Lipinski definition) is 3. The molecule has 0 saturated carbocycles. The molecule has 0 fully saturated rings. The van der Waals surface area contributed by atoms with Gasteiger partial charge in [0.1, 0.15) is 12.8 Å². The highest BCUT2D eigenvalue weighted by molar-refractivity contribution is 7.98. The van der Waals surface area contributed by atoms with E-state index in [-0.39, 0.29) is 0 Å². The number of nitrogens with zero attached hydrogens (tertiary/aromatic N) is 2. The molecule has 0 spiro atoms. The highest BCUT2D eigenvalue weighted by atomic mass is 32.2. The first-order chi connectivity index (χ1) is 13.9. The molecule has 0 atom stereocenters. The van der Waals surface area contributed by atoms with Gasteiger partial charge in [0.25, 0.3) is 11.6 Å². The number of thioether (sulfide) groups is 1. The van der Waals surface area contributed by atoms with Crippen LogP contribution in [0.15, 0.2) is 41.3 Å². The number of fused-ring (bicyclic) bond motifs is 3. The molecule has 3 aromatic carbocycles. The normalized spacial score (nSPS) is 12.5. The number of rotatable bonds is 2. The van der Waals surface area contributed by atoms with Crippen LogP contribution in [0.25, 0.3) is 33.1 Å². The first kappa shape index (κ1) is 18.4. The lowest BCUT2D eigenvalue weighted by Crippen LogP contribution is -2.34. The molecule has 0 radical (unpaired) electrons. The molecule has 0 saturated heterocycles. The third-order valence-electron chi connectivity index (χ3n) is 6.16. The van der Waals surface area contributed by atoms with Crippen LogP contribution in [-0.2, 0) is 7.05 Å². The molecule has 4 aromatic rings. The third kappa shape index (κ3) is 2.58. The van der Waals surface area contributed by atoms with Crippen molar-refractivity contribution >= 4 is 33.6 Å². The first-order valence-corrected chi connectivity index (χ1v) is 11.3. The Kier molecular flexibility index (Phi) is 4.11. The van der Waals surface area contributed by atoms with Gasteiger partial charge in [-0.2, -0.15) is 9.55 Å². The van der Waals surface area contributed by atoms with E-state index in [1.54, 1.807) is 11.8 Å². The fourth-order valence-electron chi connectivity index (χ4n) is 4.40. The van der Waals surface area contributed by atoms with Gasteiger partial charge >= 0.3 is 0 Å². The number of ether oxygens (including phenoxy) is 1. The fraction of sp³-hybridized carbons (Fsp3) is 0.280. The van der Waals surface area contributed by atoms with Gasteiger partial charge in [-0.1, -0.05) is 32.0 Å². The second-order valence-electron chi connectivity index (χ2n) is 8.22. The molecular weight excluding hydrogens is 376 g/mol. The van der Waals surface area contributed by atoms with Gasteiger partial charge in [0.2, 0.25) is 5.52 Å². The van der Waals surface area contributed by atoms with Crippen LogP contribution >= 0.6 is 11.8 Å². The smallest absolute Gasteiger partial charge is 0.294 e. The quantitative estimate of drug-likeness (QED) is 0.251. The van der Waals surface area contributed by atoms with Gasteiger partial charge in [-0.15, -0.1) is 11.8 Å². The second-order valence-corrected chi connectivity index (χ2v) is 9.07. The predicted octanol–water partition coefficient (Wildman–Crippen LogP) is 6.45. The zero-order chi connectivity index (χ0) is 20.4. The third-order valence-corrected chi connectivity index (χ3v) is 6.93. The first-order valence-electron chi connectivity index (χ1n) is 10.0. The van der Waals surface area contributed by atoms with Gasteiger partial charge in [-0.25, -0.2) is 0 Å². The van der Waals surface area contributed by atoms with Crippen LogP contribution in [0, 0.1) is 13.8 Å². The van der Waals surface area contributed by atoms with E-state index in [9.17, 15) is 0 Å². The molecule has 146 valence electrons. The summed E-state index contributed by atoms with van der Waals surface area (Å²) >= 11 is 1.72. The standard InChI is InChI=1S/C25H25N2OS/c1-13(2)16-11-17-10-14(3)15(4)21-22(17)19(12-16)28-25-24(21)27(5)18-8-7-9-20(29-6)23(18)26-25/h7-13H,1-6H3/q+1. The minimum atomic E-state index is 0.439. The largest absolute Gasteiger partial charge is 0.433 e. The lowest BCUT2D eigenvalue weighted by Gasteiger charge is -2.23. The van der Waals surface area contributed by atoms with Gasteiger partial charge < -0.3 is 4.74 Å². The topological polar surface area (TPSA) is 26.0 Å². The van der Waals surface area contributed by atoms with Crippen molar-refractivity contribution in [2.45, 2.75) is 38.5 Å². The van der Waals surface area contributed by atoms with Gasteiger partial charge in [0, 0.05) is 16.3 Å². The Balaban J connectivity index is 1.96. The van der Waals surface area contributed by atoms with Crippen molar-refractivity contribution in [2.24, 2.45) is 7.05 Å². The number of hydrogen-bond donors (Lipinski definition) is 0. The Hall–Kier alpha value is -2.59. The summed E-state index contributed by atoms with van der Waals surface area (Å²) in [6, 6.07) is 13.2. The van der Waals surface area contributed by atoms with Gasteiger partial charge in [0.15, 0.2) is 5.52 Å². The van der Waals surface area contributed by atoms with E-state index in [1.807, 2.05) is 0 Å². The SMILES string of the molecule is CSc1cccc2c1nc1c([n+]2C)-c2c(C)c(C)cc3cc(C(C)C)cc(c23)O1. The molecule has 0 N–H and O–H groups in total. The number of benzene rings is 3. The minimum Gasteiger partial charge on any atom is -0.433 e. The van der Waals surface area contributed by atoms with Crippen LogP contribution in [0.2, 0.25) is 0 Å². The van der Waals surface area contributed by atoms with E-state index in [1.165, 1.54) is 33.0 Å². The maximum Gasteiger partial charge on any atom is 0.294 e. The minimum absolute atomic E-state index is 0.439. The van der Waals surface area contributed by atoms with E-state index < -0.39 is 0 Å². The number of aromatic nitrogens is 2.